The van der Waals surface area contributed by atoms with Gasteiger partial charge in [-0.1, -0.05) is 33.6 Å². The SMILES string of the molecule is CCC(CC)CN=C(N)N1CCC(C)CC1.I. The van der Waals surface area contributed by atoms with Gasteiger partial charge in [0.2, 0.25) is 0 Å². The largest absolute Gasteiger partial charge is 0.370 e. The van der Waals surface area contributed by atoms with Gasteiger partial charge in [0.05, 0.1) is 0 Å². The lowest BCUT2D eigenvalue weighted by atomic mass is 9.99. The fourth-order valence-corrected chi connectivity index (χ4v) is 2.11. The molecule has 1 saturated heterocycles. The molecule has 102 valence electrons. The molecule has 3 nitrogen and oxygen atoms in total. The van der Waals surface area contributed by atoms with Gasteiger partial charge in [0.1, 0.15) is 0 Å². The third-order valence-corrected chi connectivity index (χ3v) is 3.77. The van der Waals surface area contributed by atoms with Crippen molar-refractivity contribution in [3.8, 4) is 0 Å². The van der Waals surface area contributed by atoms with Gasteiger partial charge in [-0.3, -0.25) is 4.99 Å². The molecule has 1 aliphatic heterocycles. The summed E-state index contributed by atoms with van der Waals surface area (Å²) in [5.41, 5.74) is 6.03. The second-order valence-electron chi connectivity index (χ2n) is 5.05. The van der Waals surface area contributed by atoms with Crippen LogP contribution in [0.3, 0.4) is 0 Å². The number of hydrogen-bond acceptors (Lipinski definition) is 1. The van der Waals surface area contributed by atoms with E-state index in [2.05, 4.69) is 30.7 Å². The molecule has 2 N–H and O–H groups in total. The normalized spacial score (nSPS) is 18.4. The van der Waals surface area contributed by atoms with Gasteiger partial charge in [0.25, 0.3) is 0 Å². The molecule has 0 atom stereocenters. The maximum atomic E-state index is 6.03. The molecule has 4 heteroatoms. The van der Waals surface area contributed by atoms with Crippen LogP contribution in [0.5, 0.6) is 0 Å². The minimum absolute atomic E-state index is 0. The highest BCUT2D eigenvalue weighted by molar-refractivity contribution is 14.0. The minimum atomic E-state index is 0. The number of rotatable bonds is 4. The lowest BCUT2D eigenvalue weighted by Crippen LogP contribution is -2.42. The Kier molecular flexibility index (Phi) is 9.00. The molecule has 1 aliphatic rings. The molecule has 0 radical (unpaired) electrons. The van der Waals surface area contributed by atoms with Crippen LogP contribution in [0.4, 0.5) is 0 Å². The highest BCUT2D eigenvalue weighted by Gasteiger charge is 2.17. The van der Waals surface area contributed by atoms with Crippen molar-refractivity contribution < 1.29 is 0 Å². The number of likely N-dealkylation sites (tertiary alicyclic amines) is 1. The Morgan fingerprint density at radius 2 is 1.82 bits per heavy atom. The third kappa shape index (κ3) is 5.93. The van der Waals surface area contributed by atoms with Crippen molar-refractivity contribution in [3.05, 3.63) is 0 Å². The van der Waals surface area contributed by atoms with Crippen LogP contribution in [0.2, 0.25) is 0 Å². The number of nitrogens with two attached hydrogens (primary N) is 1. The highest BCUT2D eigenvalue weighted by atomic mass is 127. The zero-order valence-electron chi connectivity index (χ0n) is 11.5. The second kappa shape index (κ2) is 9.00. The first-order chi connectivity index (χ1) is 7.67. The van der Waals surface area contributed by atoms with Crippen molar-refractivity contribution in [1.29, 1.82) is 0 Å². The van der Waals surface area contributed by atoms with E-state index in [-0.39, 0.29) is 24.0 Å². The average Bonchev–Trinajstić information content (AvgIpc) is 2.31. The Labute approximate surface area is 123 Å². The van der Waals surface area contributed by atoms with Gasteiger partial charge in [-0.05, 0) is 24.7 Å². The van der Waals surface area contributed by atoms with E-state index < -0.39 is 0 Å². The summed E-state index contributed by atoms with van der Waals surface area (Å²) in [6.45, 7) is 9.82. The molecule has 0 amide bonds. The van der Waals surface area contributed by atoms with Crippen LogP contribution < -0.4 is 5.73 Å². The molecular formula is C13H28IN3. The number of hydrogen-bond donors (Lipinski definition) is 1. The Morgan fingerprint density at radius 1 is 1.29 bits per heavy atom. The first-order valence-electron chi connectivity index (χ1n) is 6.72. The van der Waals surface area contributed by atoms with Crippen molar-refractivity contribution in [1.82, 2.24) is 4.90 Å². The molecule has 0 saturated carbocycles. The number of guanidine groups is 1. The monoisotopic (exact) mass is 353 g/mol. The number of aliphatic imine (C=N–C) groups is 1. The van der Waals surface area contributed by atoms with Crippen LogP contribution in [0.25, 0.3) is 0 Å². The van der Waals surface area contributed by atoms with E-state index in [0.29, 0.717) is 5.92 Å². The van der Waals surface area contributed by atoms with Crippen molar-refractivity contribution >= 4 is 29.9 Å². The molecule has 0 spiro atoms. The maximum Gasteiger partial charge on any atom is 0.191 e. The second-order valence-corrected chi connectivity index (χ2v) is 5.05. The molecular weight excluding hydrogens is 325 g/mol. The van der Waals surface area contributed by atoms with Crippen LogP contribution in [0, 0.1) is 11.8 Å². The quantitative estimate of drug-likeness (QED) is 0.479. The van der Waals surface area contributed by atoms with Crippen LogP contribution in [-0.4, -0.2) is 30.5 Å². The van der Waals surface area contributed by atoms with Gasteiger partial charge >= 0.3 is 0 Å². The van der Waals surface area contributed by atoms with E-state index in [4.69, 9.17) is 5.73 Å². The lowest BCUT2D eigenvalue weighted by molar-refractivity contribution is 0.277. The summed E-state index contributed by atoms with van der Waals surface area (Å²) in [5, 5.41) is 0. The van der Waals surface area contributed by atoms with Gasteiger partial charge in [-0.25, -0.2) is 0 Å². The highest BCUT2D eigenvalue weighted by Crippen LogP contribution is 2.15. The summed E-state index contributed by atoms with van der Waals surface area (Å²) in [4.78, 5) is 6.77. The number of piperidine rings is 1. The van der Waals surface area contributed by atoms with E-state index in [1.54, 1.807) is 0 Å². The molecule has 1 rings (SSSR count). The first-order valence-corrected chi connectivity index (χ1v) is 6.72. The standard InChI is InChI=1S/C13H27N3.HI/c1-4-12(5-2)10-15-13(14)16-8-6-11(3)7-9-16;/h11-12H,4-10H2,1-3H3,(H2,14,15);1H. The summed E-state index contributed by atoms with van der Waals surface area (Å²) in [6.07, 6.45) is 4.90. The number of nitrogens with zero attached hydrogens (tertiary/aromatic N) is 2. The van der Waals surface area contributed by atoms with Crippen LogP contribution >= 0.6 is 24.0 Å². The topological polar surface area (TPSA) is 41.6 Å². The molecule has 0 aliphatic carbocycles. The summed E-state index contributed by atoms with van der Waals surface area (Å²) in [5.74, 6) is 2.31. The van der Waals surface area contributed by atoms with E-state index in [9.17, 15) is 0 Å². The predicted octanol–water partition coefficient (Wildman–Crippen LogP) is 3.09. The minimum Gasteiger partial charge on any atom is -0.370 e. The summed E-state index contributed by atoms with van der Waals surface area (Å²) < 4.78 is 0. The smallest absolute Gasteiger partial charge is 0.191 e. The summed E-state index contributed by atoms with van der Waals surface area (Å²) >= 11 is 0. The summed E-state index contributed by atoms with van der Waals surface area (Å²) in [7, 11) is 0. The zero-order valence-corrected chi connectivity index (χ0v) is 13.8. The molecule has 0 aromatic rings. The fourth-order valence-electron chi connectivity index (χ4n) is 2.11. The van der Waals surface area contributed by atoms with E-state index in [0.717, 1.165) is 31.5 Å². The summed E-state index contributed by atoms with van der Waals surface area (Å²) in [6, 6.07) is 0. The third-order valence-electron chi connectivity index (χ3n) is 3.77. The molecule has 17 heavy (non-hydrogen) atoms. The Balaban J connectivity index is 0.00000256. The van der Waals surface area contributed by atoms with Crippen molar-refractivity contribution in [3.63, 3.8) is 0 Å². The molecule has 0 bridgehead atoms. The molecule has 1 fully saturated rings. The van der Waals surface area contributed by atoms with Gasteiger partial charge in [-0.2, -0.15) is 0 Å². The molecule has 0 aromatic heterocycles. The van der Waals surface area contributed by atoms with Gasteiger partial charge in [0.15, 0.2) is 5.96 Å². The van der Waals surface area contributed by atoms with Crippen molar-refractivity contribution in [2.45, 2.75) is 46.5 Å². The van der Waals surface area contributed by atoms with Crippen molar-refractivity contribution in [2.24, 2.45) is 22.6 Å². The van der Waals surface area contributed by atoms with Gasteiger partial charge in [0, 0.05) is 19.6 Å². The Morgan fingerprint density at radius 3 is 2.29 bits per heavy atom. The zero-order chi connectivity index (χ0) is 12.0. The predicted molar refractivity (Wildman–Crippen MR) is 85.9 cm³/mol. The van der Waals surface area contributed by atoms with Crippen molar-refractivity contribution in [2.75, 3.05) is 19.6 Å². The Bertz CT molecular complexity index is 219. The Hall–Kier alpha value is 0. The molecule has 0 aromatic carbocycles. The molecule has 0 unspecified atom stereocenters. The van der Waals surface area contributed by atoms with E-state index in [1.165, 1.54) is 25.7 Å². The van der Waals surface area contributed by atoms with Crippen LogP contribution in [-0.2, 0) is 0 Å². The maximum absolute atomic E-state index is 6.03. The van der Waals surface area contributed by atoms with Gasteiger partial charge < -0.3 is 10.6 Å². The van der Waals surface area contributed by atoms with E-state index in [1.807, 2.05) is 0 Å². The lowest BCUT2D eigenvalue weighted by Gasteiger charge is -2.31. The number of halogens is 1. The fraction of sp³-hybridized carbons (Fsp3) is 0.923. The molecule has 1 heterocycles. The van der Waals surface area contributed by atoms with Gasteiger partial charge in [-0.15, -0.1) is 24.0 Å². The average molecular weight is 353 g/mol. The van der Waals surface area contributed by atoms with Crippen LogP contribution in [0.1, 0.15) is 46.5 Å². The van der Waals surface area contributed by atoms with Crippen LogP contribution in [0.15, 0.2) is 4.99 Å². The first kappa shape index (κ1) is 17.0. The van der Waals surface area contributed by atoms with E-state index >= 15 is 0 Å².